The van der Waals surface area contributed by atoms with Crippen LogP contribution in [0.4, 0.5) is 0 Å². The highest BCUT2D eigenvalue weighted by Gasteiger charge is 2.80. The number of benzene rings is 1. The Bertz CT molecular complexity index is 1000. The van der Waals surface area contributed by atoms with Gasteiger partial charge >= 0.3 is 0 Å². The lowest BCUT2D eigenvalue weighted by Crippen LogP contribution is -2.72. The molecule has 28 heavy (non-hydrogen) atoms. The van der Waals surface area contributed by atoms with Crippen LogP contribution in [0.5, 0.6) is 5.75 Å². The van der Waals surface area contributed by atoms with Crippen LogP contribution in [-0.2, 0) is 14.3 Å². The molecule has 3 aliphatic carbocycles. The second-order valence-corrected chi connectivity index (χ2v) is 8.81. The maximum Gasteiger partial charge on any atom is 0.196 e. The molecule has 0 amide bonds. The van der Waals surface area contributed by atoms with E-state index in [0.29, 0.717) is 28.9 Å². The average molecular weight is 378 g/mol. The molecule has 0 radical (unpaired) electrons. The first-order valence-electron chi connectivity index (χ1n) is 9.68. The van der Waals surface area contributed by atoms with Crippen molar-refractivity contribution in [2.75, 3.05) is 0 Å². The Balaban J connectivity index is 1.79. The van der Waals surface area contributed by atoms with Crippen LogP contribution in [0.25, 0.3) is 0 Å². The first kappa shape index (κ1) is 17.6. The van der Waals surface area contributed by atoms with Gasteiger partial charge in [-0.2, -0.15) is 0 Å². The van der Waals surface area contributed by atoms with E-state index in [9.17, 15) is 14.4 Å². The number of carbonyl (C=O) groups excluding carboxylic acids is 3. The fourth-order valence-electron chi connectivity index (χ4n) is 5.75. The number of hydrogen-bond acceptors (Lipinski definition) is 5. The van der Waals surface area contributed by atoms with Gasteiger partial charge in [-0.25, -0.2) is 0 Å². The summed E-state index contributed by atoms with van der Waals surface area (Å²) in [4.78, 5) is 38.1. The van der Waals surface area contributed by atoms with E-state index < -0.39 is 16.8 Å². The number of para-hydroxylation sites is 1. The first-order valence-corrected chi connectivity index (χ1v) is 9.68. The van der Waals surface area contributed by atoms with E-state index in [1.165, 1.54) is 0 Å². The van der Waals surface area contributed by atoms with Gasteiger partial charge in [0.05, 0.1) is 11.2 Å². The third-order valence-corrected chi connectivity index (χ3v) is 6.90. The Labute approximate surface area is 163 Å². The fraction of sp³-hybridized carbons (Fsp3) is 0.435. The maximum absolute atomic E-state index is 13.5. The van der Waals surface area contributed by atoms with Crippen LogP contribution in [-0.4, -0.2) is 34.7 Å². The Morgan fingerprint density at radius 3 is 2.75 bits per heavy atom. The van der Waals surface area contributed by atoms with Gasteiger partial charge in [0.1, 0.15) is 12.0 Å². The minimum Gasteiger partial charge on any atom is -0.478 e. The van der Waals surface area contributed by atoms with E-state index in [4.69, 9.17) is 9.47 Å². The van der Waals surface area contributed by atoms with E-state index in [1.54, 1.807) is 31.2 Å². The molecule has 4 atom stereocenters. The maximum atomic E-state index is 13.5. The lowest BCUT2D eigenvalue weighted by atomic mass is 9.51. The number of carbonyl (C=O) groups is 3. The van der Waals surface area contributed by atoms with Gasteiger partial charge in [-0.1, -0.05) is 24.3 Å². The largest absolute Gasteiger partial charge is 0.478 e. The summed E-state index contributed by atoms with van der Waals surface area (Å²) in [6.45, 7) is 5.62. The van der Waals surface area contributed by atoms with Crippen molar-refractivity contribution in [3.8, 4) is 5.75 Å². The molecule has 1 spiro atoms. The molecule has 5 aliphatic rings. The van der Waals surface area contributed by atoms with Gasteiger partial charge in [-0.05, 0) is 44.9 Å². The van der Waals surface area contributed by atoms with Crippen LogP contribution < -0.4 is 4.74 Å². The standard InChI is InChI=1S/C23H22O5/c1-13(12-24)8-9-22-20(26)14-10-16-19(25)15-6-4-5-7-17(15)27-23(16,22)18(11-14)21(2,3)28-22/h4-8,10,12,14,18H,9,11H2,1-3H3/b13-8+. The quantitative estimate of drug-likeness (QED) is 0.597. The van der Waals surface area contributed by atoms with Crippen molar-refractivity contribution in [2.45, 2.75) is 50.4 Å². The minimum atomic E-state index is -1.30. The van der Waals surface area contributed by atoms with Crippen molar-refractivity contribution in [1.29, 1.82) is 0 Å². The van der Waals surface area contributed by atoms with Crippen LogP contribution >= 0.6 is 0 Å². The van der Waals surface area contributed by atoms with Crippen molar-refractivity contribution < 1.29 is 23.9 Å². The Morgan fingerprint density at radius 1 is 1.25 bits per heavy atom. The van der Waals surface area contributed by atoms with Crippen molar-refractivity contribution in [1.82, 2.24) is 0 Å². The molecular formula is C23H22O5. The molecule has 4 bridgehead atoms. The fourth-order valence-corrected chi connectivity index (χ4v) is 5.75. The Hall–Kier alpha value is -2.53. The SMILES string of the molecule is C/C(C=O)=C\CC12OC(C)(C)C3CC(C=C4C(=O)c5ccccc5OC431)C2=O. The lowest BCUT2D eigenvalue weighted by molar-refractivity contribution is -0.171. The molecule has 1 aromatic rings. The molecular weight excluding hydrogens is 356 g/mol. The number of fused-ring (bicyclic) bond motifs is 1. The van der Waals surface area contributed by atoms with Crippen molar-refractivity contribution >= 4 is 17.9 Å². The third kappa shape index (κ3) is 1.83. The highest BCUT2D eigenvalue weighted by atomic mass is 16.6. The monoisotopic (exact) mass is 378 g/mol. The second-order valence-electron chi connectivity index (χ2n) is 8.81. The molecule has 1 aromatic carbocycles. The molecule has 0 N–H and O–H groups in total. The van der Waals surface area contributed by atoms with E-state index in [2.05, 4.69) is 0 Å². The molecule has 1 saturated heterocycles. The molecule has 2 heterocycles. The molecule has 2 fully saturated rings. The van der Waals surface area contributed by atoms with Crippen LogP contribution in [0, 0.1) is 11.8 Å². The molecule has 2 aliphatic heterocycles. The zero-order chi connectivity index (χ0) is 19.9. The third-order valence-electron chi connectivity index (χ3n) is 6.90. The molecule has 0 aromatic heterocycles. The number of ether oxygens (including phenoxy) is 2. The predicted octanol–water partition coefficient (Wildman–Crippen LogP) is 3.23. The molecule has 144 valence electrons. The minimum absolute atomic E-state index is 0.0554. The summed E-state index contributed by atoms with van der Waals surface area (Å²) in [5.74, 6) is -0.160. The summed E-state index contributed by atoms with van der Waals surface area (Å²) in [5.41, 5.74) is -1.52. The van der Waals surface area contributed by atoms with Crippen LogP contribution in [0.2, 0.25) is 0 Å². The van der Waals surface area contributed by atoms with Gasteiger partial charge in [0, 0.05) is 23.8 Å². The van der Waals surface area contributed by atoms with E-state index in [0.717, 1.165) is 6.29 Å². The van der Waals surface area contributed by atoms with Crippen molar-refractivity contribution in [2.24, 2.45) is 11.8 Å². The van der Waals surface area contributed by atoms with Gasteiger partial charge in [-0.15, -0.1) is 0 Å². The molecule has 6 rings (SSSR count). The van der Waals surface area contributed by atoms with Gasteiger partial charge in [0.25, 0.3) is 0 Å². The highest BCUT2D eigenvalue weighted by molar-refractivity contribution is 6.16. The van der Waals surface area contributed by atoms with Crippen molar-refractivity contribution in [3.63, 3.8) is 0 Å². The molecule has 5 nitrogen and oxygen atoms in total. The van der Waals surface area contributed by atoms with E-state index in [1.807, 2.05) is 26.0 Å². The van der Waals surface area contributed by atoms with E-state index in [-0.39, 0.29) is 29.8 Å². The Kier molecular flexibility index (Phi) is 3.32. The number of rotatable bonds is 3. The normalized spacial score (nSPS) is 37.1. The summed E-state index contributed by atoms with van der Waals surface area (Å²) in [6.07, 6.45) is 5.10. The zero-order valence-electron chi connectivity index (χ0n) is 16.2. The number of ketones is 2. The van der Waals surface area contributed by atoms with E-state index >= 15 is 0 Å². The topological polar surface area (TPSA) is 69.7 Å². The summed E-state index contributed by atoms with van der Waals surface area (Å²) in [5, 5.41) is 0. The summed E-state index contributed by atoms with van der Waals surface area (Å²) < 4.78 is 13.1. The lowest BCUT2D eigenvalue weighted by Gasteiger charge is -2.56. The number of aldehydes is 1. The number of hydrogen-bond donors (Lipinski definition) is 0. The van der Waals surface area contributed by atoms with Crippen LogP contribution in [0.3, 0.4) is 0 Å². The number of allylic oxidation sites excluding steroid dienone is 2. The smallest absolute Gasteiger partial charge is 0.196 e. The average Bonchev–Trinajstić information content (AvgIpc) is 2.83. The van der Waals surface area contributed by atoms with Gasteiger partial charge in [0.2, 0.25) is 0 Å². The van der Waals surface area contributed by atoms with Gasteiger partial charge < -0.3 is 9.47 Å². The molecule has 5 heteroatoms. The van der Waals surface area contributed by atoms with Gasteiger partial charge in [0.15, 0.2) is 22.8 Å². The van der Waals surface area contributed by atoms with Crippen molar-refractivity contribution in [3.05, 3.63) is 53.1 Å². The highest BCUT2D eigenvalue weighted by Crippen LogP contribution is 2.67. The van der Waals surface area contributed by atoms with Crippen LogP contribution in [0.1, 0.15) is 44.0 Å². The Morgan fingerprint density at radius 2 is 2.00 bits per heavy atom. The number of Topliss-reactive ketones (excluding diaryl/α,β-unsaturated/α-hetero) is 2. The zero-order valence-corrected chi connectivity index (χ0v) is 16.2. The predicted molar refractivity (Wildman–Crippen MR) is 101 cm³/mol. The molecule has 1 saturated carbocycles. The van der Waals surface area contributed by atoms with Crippen LogP contribution in [0.15, 0.2) is 47.6 Å². The molecule has 4 unspecified atom stereocenters. The summed E-state index contributed by atoms with van der Waals surface area (Å²) >= 11 is 0. The summed E-state index contributed by atoms with van der Waals surface area (Å²) in [7, 11) is 0. The first-order chi connectivity index (χ1) is 13.3. The summed E-state index contributed by atoms with van der Waals surface area (Å²) in [6, 6.07) is 7.17. The van der Waals surface area contributed by atoms with Gasteiger partial charge in [-0.3, -0.25) is 14.4 Å². The second kappa shape index (κ2) is 5.29.